The second kappa shape index (κ2) is 8.43. The van der Waals surface area contributed by atoms with Gasteiger partial charge in [0, 0.05) is 10.9 Å². The fourth-order valence-electron chi connectivity index (χ4n) is 1.68. The molecule has 0 bridgehead atoms. The van der Waals surface area contributed by atoms with E-state index in [0.717, 1.165) is 9.52 Å². The van der Waals surface area contributed by atoms with Crippen LogP contribution in [0.25, 0.3) is 0 Å². The Morgan fingerprint density at radius 2 is 2.05 bits per heavy atom. The Morgan fingerprint density at radius 3 is 2.57 bits per heavy atom. The van der Waals surface area contributed by atoms with Crippen LogP contribution in [-0.4, -0.2) is 15.6 Å². The number of hydrogen-bond acceptors (Lipinski definition) is 2. The van der Waals surface area contributed by atoms with Crippen molar-refractivity contribution in [2.45, 2.75) is 33.9 Å². The van der Waals surface area contributed by atoms with Gasteiger partial charge in [0.1, 0.15) is 9.52 Å². The van der Waals surface area contributed by atoms with Gasteiger partial charge in [-0.1, -0.05) is 38.4 Å². The summed E-state index contributed by atoms with van der Waals surface area (Å²) in [5.74, 6) is 1.07. The molecule has 21 heavy (non-hydrogen) atoms. The molecule has 1 atom stereocenters. The summed E-state index contributed by atoms with van der Waals surface area (Å²) < 4.78 is 12.7. The van der Waals surface area contributed by atoms with Gasteiger partial charge in [0.2, 0.25) is 0 Å². The van der Waals surface area contributed by atoms with Crippen LogP contribution < -0.4 is 4.74 Å². The molecule has 0 saturated carbocycles. The first-order valence-corrected chi connectivity index (χ1v) is 10.8. The average Bonchev–Trinajstić information content (AvgIpc) is 2.32. The minimum absolute atomic E-state index is 0.104. The van der Waals surface area contributed by atoms with Crippen LogP contribution in [0.2, 0.25) is 18.1 Å². The third-order valence-corrected chi connectivity index (χ3v) is 4.83. The van der Waals surface area contributed by atoms with Crippen LogP contribution >= 0.6 is 34.2 Å². The van der Waals surface area contributed by atoms with E-state index < -0.39 is 9.04 Å². The Labute approximate surface area is 148 Å². The molecule has 1 aromatic carbocycles. The Bertz CT molecular complexity index is 483. The Kier molecular flexibility index (Phi) is 7.57. The first-order chi connectivity index (χ1) is 9.68. The van der Waals surface area contributed by atoms with Crippen LogP contribution in [0.1, 0.15) is 20.8 Å². The highest BCUT2D eigenvalue weighted by atomic mass is 127. The molecule has 0 N–H and O–H groups in total. The quantitative estimate of drug-likeness (QED) is 0.312. The second-order valence-electron chi connectivity index (χ2n) is 6.22. The highest BCUT2D eigenvalue weighted by Gasteiger charge is 2.24. The minimum atomic E-state index is -0.730. The molecule has 5 heteroatoms. The normalized spacial score (nSPS) is 14.2. The van der Waals surface area contributed by atoms with E-state index in [2.05, 4.69) is 62.5 Å². The molecule has 0 aliphatic carbocycles. The van der Waals surface area contributed by atoms with Gasteiger partial charge in [0.25, 0.3) is 9.04 Å². The van der Waals surface area contributed by atoms with Gasteiger partial charge in [-0.15, -0.1) is 0 Å². The van der Waals surface area contributed by atoms with E-state index in [1.165, 1.54) is 0 Å². The maximum atomic E-state index is 5.98. The van der Waals surface area contributed by atoms with E-state index in [4.69, 9.17) is 20.8 Å². The third kappa shape index (κ3) is 7.56. The summed E-state index contributed by atoms with van der Waals surface area (Å²) in [4.78, 5) is 0. The summed E-state index contributed by atoms with van der Waals surface area (Å²) in [7, 11) is -0.730. The zero-order chi connectivity index (χ0) is 16.0. The van der Waals surface area contributed by atoms with E-state index in [0.29, 0.717) is 11.6 Å². The molecule has 1 rings (SSSR count). The summed E-state index contributed by atoms with van der Waals surface area (Å²) in [5.41, 5.74) is 0.104. The molecule has 1 radical (unpaired) electrons. The molecule has 0 amide bonds. The van der Waals surface area contributed by atoms with Crippen LogP contribution in [0.3, 0.4) is 0 Å². The van der Waals surface area contributed by atoms with E-state index in [1.54, 1.807) is 0 Å². The van der Waals surface area contributed by atoms with E-state index in [1.807, 2.05) is 24.3 Å². The lowest BCUT2D eigenvalue weighted by Crippen LogP contribution is -2.25. The molecule has 2 nitrogen and oxygen atoms in total. The van der Waals surface area contributed by atoms with Crippen molar-refractivity contribution in [3.8, 4) is 5.75 Å². The van der Waals surface area contributed by atoms with Gasteiger partial charge >= 0.3 is 0 Å². The standard InChI is InChI=1S/C16H23ClIO2Si/c1-16(2,3)12(9-15(18)20-21(4)5)11-19-14-8-6-7-13(17)10-14/h6-10,12H,11H2,1-5H3. The highest BCUT2D eigenvalue weighted by Crippen LogP contribution is 2.30. The van der Waals surface area contributed by atoms with Gasteiger partial charge in [-0.05, 0) is 65.4 Å². The van der Waals surface area contributed by atoms with Crippen LogP contribution in [-0.2, 0) is 4.43 Å². The number of benzene rings is 1. The lowest BCUT2D eigenvalue weighted by atomic mass is 9.81. The zero-order valence-electron chi connectivity index (χ0n) is 13.2. The molecule has 117 valence electrons. The largest absolute Gasteiger partial charge is 0.539 e. The maximum Gasteiger partial charge on any atom is 0.274 e. The Hall–Kier alpha value is -0.203. The van der Waals surface area contributed by atoms with E-state index in [-0.39, 0.29) is 11.3 Å². The van der Waals surface area contributed by atoms with Gasteiger partial charge in [0.05, 0.1) is 6.61 Å². The Balaban J connectivity index is 2.76. The van der Waals surface area contributed by atoms with Gasteiger partial charge in [-0.2, -0.15) is 0 Å². The number of ether oxygens (including phenoxy) is 1. The first-order valence-electron chi connectivity index (χ1n) is 6.92. The predicted molar refractivity (Wildman–Crippen MR) is 101 cm³/mol. The van der Waals surface area contributed by atoms with Crippen LogP contribution in [0.4, 0.5) is 0 Å². The van der Waals surface area contributed by atoms with Gasteiger partial charge in [0.15, 0.2) is 0 Å². The molecule has 0 aliphatic rings. The lowest BCUT2D eigenvalue weighted by molar-refractivity contribution is 0.181. The molecule has 0 heterocycles. The molecular formula is C16H23ClIO2Si. The molecule has 1 aromatic rings. The average molecular weight is 438 g/mol. The first kappa shape index (κ1) is 18.8. The van der Waals surface area contributed by atoms with Gasteiger partial charge in [-0.25, -0.2) is 0 Å². The molecule has 0 saturated heterocycles. The fourth-order valence-corrected chi connectivity index (χ4v) is 4.07. The van der Waals surface area contributed by atoms with Crippen molar-refractivity contribution in [1.82, 2.24) is 0 Å². The molecule has 0 spiro atoms. The maximum absolute atomic E-state index is 5.98. The predicted octanol–water partition coefficient (Wildman–Crippen LogP) is 5.93. The summed E-state index contributed by atoms with van der Waals surface area (Å²) in [5, 5.41) is 0.692. The van der Waals surface area contributed by atoms with Crippen molar-refractivity contribution in [1.29, 1.82) is 0 Å². The highest BCUT2D eigenvalue weighted by molar-refractivity contribution is 14.1. The van der Waals surface area contributed by atoms with E-state index >= 15 is 0 Å². The van der Waals surface area contributed by atoms with E-state index in [9.17, 15) is 0 Å². The van der Waals surface area contributed by atoms with Gasteiger partial charge in [-0.3, -0.25) is 0 Å². The molecule has 0 fully saturated rings. The fraction of sp³-hybridized carbons (Fsp3) is 0.500. The van der Waals surface area contributed by atoms with Crippen molar-refractivity contribution in [2.75, 3.05) is 6.61 Å². The number of halogens is 2. The monoisotopic (exact) mass is 437 g/mol. The number of rotatable bonds is 6. The van der Waals surface area contributed by atoms with Crippen molar-refractivity contribution in [3.05, 3.63) is 39.1 Å². The van der Waals surface area contributed by atoms with Crippen molar-refractivity contribution in [2.24, 2.45) is 11.3 Å². The SMILES string of the molecule is C[Si](C)OC(I)=CC(COc1cccc(Cl)c1)C(C)(C)C. The van der Waals surface area contributed by atoms with Gasteiger partial charge < -0.3 is 9.16 Å². The second-order valence-corrected chi connectivity index (χ2v) is 9.74. The lowest BCUT2D eigenvalue weighted by Gasteiger charge is -2.28. The minimum Gasteiger partial charge on any atom is -0.539 e. The summed E-state index contributed by atoms with van der Waals surface area (Å²) in [6, 6.07) is 7.51. The molecule has 0 aromatic heterocycles. The van der Waals surface area contributed by atoms with Crippen molar-refractivity contribution < 1.29 is 9.16 Å². The summed E-state index contributed by atoms with van der Waals surface area (Å²) in [6.07, 6.45) is 2.17. The van der Waals surface area contributed by atoms with Crippen LogP contribution in [0.5, 0.6) is 5.75 Å². The van der Waals surface area contributed by atoms with Crippen molar-refractivity contribution >= 4 is 43.2 Å². The topological polar surface area (TPSA) is 18.5 Å². The zero-order valence-corrected chi connectivity index (χ0v) is 17.2. The van der Waals surface area contributed by atoms with Crippen LogP contribution in [0.15, 0.2) is 34.1 Å². The smallest absolute Gasteiger partial charge is 0.274 e. The third-order valence-electron chi connectivity index (χ3n) is 2.97. The van der Waals surface area contributed by atoms with Crippen LogP contribution in [0, 0.1) is 11.3 Å². The molecule has 0 aliphatic heterocycles. The summed E-state index contributed by atoms with van der Waals surface area (Å²) >= 11 is 8.24. The Morgan fingerprint density at radius 1 is 1.38 bits per heavy atom. The number of hydrogen-bond donors (Lipinski definition) is 0. The summed E-state index contributed by atoms with van der Waals surface area (Å²) in [6.45, 7) is 11.5. The molecular weight excluding hydrogens is 415 g/mol. The molecule has 1 unspecified atom stereocenters. The van der Waals surface area contributed by atoms with Crippen molar-refractivity contribution in [3.63, 3.8) is 0 Å².